The lowest BCUT2D eigenvalue weighted by molar-refractivity contribution is 0.252. The number of rotatable bonds is 5. The van der Waals surface area contributed by atoms with E-state index in [9.17, 15) is 0 Å². The fraction of sp³-hybridized carbons (Fsp3) is 0.500. The van der Waals surface area contributed by atoms with Crippen molar-refractivity contribution in [1.29, 1.82) is 0 Å². The molecule has 0 atom stereocenters. The second-order valence-electron chi connectivity index (χ2n) is 6.39. The molecule has 0 bridgehead atoms. The van der Waals surface area contributed by atoms with Gasteiger partial charge in [0, 0.05) is 19.3 Å². The van der Waals surface area contributed by atoms with E-state index in [1.807, 2.05) is 6.07 Å². The fourth-order valence-corrected chi connectivity index (χ4v) is 3.20. The minimum Gasteiger partial charge on any atom is -0.355 e. The van der Waals surface area contributed by atoms with Crippen molar-refractivity contribution in [3.8, 4) is 11.3 Å². The Morgan fingerprint density at radius 2 is 2.17 bits per heavy atom. The van der Waals surface area contributed by atoms with Crippen LogP contribution in [0.4, 0.5) is 5.82 Å². The van der Waals surface area contributed by atoms with E-state index in [-0.39, 0.29) is 0 Å². The Hall–Kier alpha value is -2.21. The summed E-state index contributed by atoms with van der Waals surface area (Å²) in [4.78, 5) is 13.2. The Morgan fingerprint density at radius 1 is 1.38 bits per heavy atom. The lowest BCUT2D eigenvalue weighted by atomic mass is 10.0. The maximum Gasteiger partial charge on any atom is 0.160 e. The van der Waals surface area contributed by atoms with E-state index in [2.05, 4.69) is 63.1 Å². The van der Waals surface area contributed by atoms with Crippen molar-refractivity contribution in [1.82, 2.24) is 25.1 Å². The van der Waals surface area contributed by atoms with Crippen LogP contribution in [-0.4, -0.2) is 58.3 Å². The predicted molar refractivity (Wildman–Crippen MR) is 97.9 cm³/mol. The number of H-pyrrole nitrogens is 1. The molecule has 0 amide bonds. The molecular formula is C18H26N6. The summed E-state index contributed by atoms with van der Waals surface area (Å²) in [5, 5.41) is 7.80. The predicted octanol–water partition coefficient (Wildman–Crippen LogP) is 2.82. The highest BCUT2D eigenvalue weighted by atomic mass is 15.3. The molecule has 0 radical (unpaired) electrons. The van der Waals surface area contributed by atoms with Gasteiger partial charge in [-0.05, 0) is 51.5 Å². The lowest BCUT2D eigenvalue weighted by Crippen LogP contribution is -2.42. The van der Waals surface area contributed by atoms with Crippen LogP contribution in [0.3, 0.4) is 0 Å². The fourth-order valence-electron chi connectivity index (χ4n) is 3.20. The van der Waals surface area contributed by atoms with Crippen LogP contribution in [0.2, 0.25) is 0 Å². The van der Waals surface area contributed by atoms with Crippen LogP contribution in [0.5, 0.6) is 0 Å². The summed E-state index contributed by atoms with van der Waals surface area (Å²) in [6.07, 6.45) is 10.9. The van der Waals surface area contributed by atoms with Crippen LogP contribution < -0.4 is 4.90 Å². The Bertz CT molecular complexity index is 670. The molecule has 1 N–H and O–H groups in total. The van der Waals surface area contributed by atoms with E-state index in [0.717, 1.165) is 55.1 Å². The topological polar surface area (TPSA) is 60.9 Å². The maximum absolute atomic E-state index is 4.62. The summed E-state index contributed by atoms with van der Waals surface area (Å²) in [5.74, 6) is 0.971. The summed E-state index contributed by atoms with van der Waals surface area (Å²) in [6, 6.07) is 2.45. The zero-order valence-electron chi connectivity index (χ0n) is 14.7. The zero-order chi connectivity index (χ0) is 16.9. The van der Waals surface area contributed by atoms with Crippen molar-refractivity contribution < 1.29 is 0 Å². The van der Waals surface area contributed by atoms with Crippen LogP contribution in [0, 0.1) is 0 Å². The van der Waals surface area contributed by atoms with Crippen molar-refractivity contribution in [2.75, 3.05) is 32.1 Å². The minimum atomic E-state index is 0.507. The quantitative estimate of drug-likeness (QED) is 0.915. The Kier molecular flexibility index (Phi) is 5.25. The second-order valence-corrected chi connectivity index (χ2v) is 6.39. The molecule has 2 aromatic rings. The molecule has 0 aliphatic carbocycles. The SMILES string of the molecule is CC/C=C/c1[nH]nc(N(C)C2CCN(C)CC2)c1-c1ccncn1. The van der Waals surface area contributed by atoms with Crippen LogP contribution in [0.25, 0.3) is 17.3 Å². The van der Waals surface area contributed by atoms with Crippen LogP contribution in [0.15, 0.2) is 24.7 Å². The van der Waals surface area contributed by atoms with E-state index in [1.165, 1.54) is 0 Å². The number of aromatic nitrogens is 4. The van der Waals surface area contributed by atoms with Gasteiger partial charge in [-0.25, -0.2) is 9.97 Å². The number of nitrogens with one attached hydrogen (secondary N) is 1. The molecule has 6 nitrogen and oxygen atoms in total. The molecule has 0 aromatic carbocycles. The summed E-state index contributed by atoms with van der Waals surface area (Å²) >= 11 is 0. The van der Waals surface area contributed by atoms with Gasteiger partial charge >= 0.3 is 0 Å². The van der Waals surface area contributed by atoms with Crippen molar-refractivity contribution in [3.63, 3.8) is 0 Å². The third-order valence-corrected chi connectivity index (χ3v) is 4.70. The van der Waals surface area contributed by atoms with Gasteiger partial charge in [-0.15, -0.1) is 0 Å². The first-order valence-corrected chi connectivity index (χ1v) is 8.63. The highest BCUT2D eigenvalue weighted by Crippen LogP contribution is 2.33. The minimum absolute atomic E-state index is 0.507. The molecule has 3 heterocycles. The first kappa shape index (κ1) is 16.6. The number of nitrogens with zero attached hydrogens (tertiary/aromatic N) is 5. The Morgan fingerprint density at radius 3 is 2.83 bits per heavy atom. The molecule has 0 saturated carbocycles. The van der Waals surface area contributed by atoms with Gasteiger partial charge in [0.1, 0.15) is 6.33 Å². The molecule has 0 spiro atoms. The first-order chi connectivity index (χ1) is 11.7. The summed E-state index contributed by atoms with van der Waals surface area (Å²) < 4.78 is 0. The lowest BCUT2D eigenvalue weighted by Gasteiger charge is -2.35. The monoisotopic (exact) mass is 326 g/mol. The van der Waals surface area contributed by atoms with Crippen LogP contribution in [-0.2, 0) is 0 Å². The molecule has 1 aliphatic rings. The largest absolute Gasteiger partial charge is 0.355 e. The summed E-state index contributed by atoms with van der Waals surface area (Å²) in [6.45, 7) is 4.39. The standard InChI is InChI=1S/C18H26N6/c1-4-5-6-16-17(15-7-10-19-13-20-15)18(22-21-16)24(3)14-8-11-23(2)12-9-14/h5-7,10,13-14H,4,8-9,11-12H2,1-3H3,(H,21,22)/b6-5+. The number of anilines is 1. The van der Waals surface area contributed by atoms with Gasteiger partial charge in [-0.3, -0.25) is 5.10 Å². The average molecular weight is 326 g/mol. The molecule has 1 aliphatic heterocycles. The van der Waals surface area contributed by atoms with E-state index in [1.54, 1.807) is 12.5 Å². The highest BCUT2D eigenvalue weighted by Gasteiger charge is 2.26. The Labute approximate surface area is 143 Å². The van der Waals surface area contributed by atoms with Crippen molar-refractivity contribution >= 4 is 11.9 Å². The van der Waals surface area contributed by atoms with Crippen molar-refractivity contribution in [3.05, 3.63) is 30.4 Å². The van der Waals surface area contributed by atoms with E-state index >= 15 is 0 Å². The molecule has 0 unspecified atom stereocenters. The van der Waals surface area contributed by atoms with E-state index in [4.69, 9.17) is 0 Å². The van der Waals surface area contributed by atoms with Gasteiger partial charge in [-0.2, -0.15) is 5.10 Å². The zero-order valence-corrected chi connectivity index (χ0v) is 14.7. The normalized spacial score (nSPS) is 16.8. The molecular weight excluding hydrogens is 300 g/mol. The second kappa shape index (κ2) is 7.57. The van der Waals surface area contributed by atoms with Gasteiger partial charge in [0.2, 0.25) is 0 Å². The third-order valence-electron chi connectivity index (χ3n) is 4.70. The molecule has 128 valence electrons. The number of hydrogen-bond acceptors (Lipinski definition) is 5. The maximum atomic E-state index is 4.62. The third kappa shape index (κ3) is 3.48. The number of piperidine rings is 1. The van der Waals surface area contributed by atoms with E-state index < -0.39 is 0 Å². The smallest absolute Gasteiger partial charge is 0.160 e. The number of likely N-dealkylation sites (tertiary alicyclic amines) is 1. The van der Waals surface area contributed by atoms with Gasteiger partial charge in [0.25, 0.3) is 0 Å². The molecule has 1 saturated heterocycles. The van der Waals surface area contributed by atoms with Gasteiger partial charge in [0.05, 0.1) is 17.0 Å². The van der Waals surface area contributed by atoms with Crippen LogP contribution in [0.1, 0.15) is 31.9 Å². The summed E-state index contributed by atoms with van der Waals surface area (Å²) in [5.41, 5.74) is 2.97. The molecule has 1 fully saturated rings. The van der Waals surface area contributed by atoms with E-state index in [0.29, 0.717) is 6.04 Å². The van der Waals surface area contributed by atoms with Gasteiger partial charge < -0.3 is 9.80 Å². The molecule has 2 aromatic heterocycles. The molecule has 3 rings (SSSR count). The van der Waals surface area contributed by atoms with Crippen LogP contribution >= 0.6 is 0 Å². The molecule has 6 heteroatoms. The van der Waals surface area contributed by atoms with Crippen molar-refractivity contribution in [2.45, 2.75) is 32.2 Å². The first-order valence-electron chi connectivity index (χ1n) is 8.63. The number of aromatic amines is 1. The Balaban J connectivity index is 1.95. The average Bonchev–Trinajstić information content (AvgIpc) is 3.04. The summed E-state index contributed by atoms with van der Waals surface area (Å²) in [7, 11) is 4.33. The van der Waals surface area contributed by atoms with Crippen molar-refractivity contribution in [2.24, 2.45) is 0 Å². The highest BCUT2D eigenvalue weighted by molar-refractivity contribution is 5.81. The molecule has 24 heavy (non-hydrogen) atoms. The van der Waals surface area contributed by atoms with Gasteiger partial charge in [-0.1, -0.05) is 13.0 Å². The van der Waals surface area contributed by atoms with Gasteiger partial charge in [0.15, 0.2) is 5.82 Å². The number of hydrogen-bond donors (Lipinski definition) is 1. The number of allylic oxidation sites excluding steroid dienone is 1.